The molecule has 4 nitrogen and oxygen atoms in total. The minimum atomic E-state index is -0.364. The van der Waals surface area contributed by atoms with Crippen LogP contribution in [-0.4, -0.2) is 24.8 Å². The van der Waals surface area contributed by atoms with Crippen LogP contribution in [0.4, 0.5) is 11.4 Å². The average Bonchev–Trinajstić information content (AvgIpc) is 2.66. The number of rotatable bonds is 5. The molecular weight excluding hydrogens is 324 g/mol. The average molecular weight is 346 g/mol. The van der Waals surface area contributed by atoms with Crippen molar-refractivity contribution in [3.63, 3.8) is 0 Å². The second-order valence-electron chi connectivity index (χ2n) is 6.44. The number of nitrogens with zero attached hydrogens (tertiary/aromatic N) is 1. The summed E-state index contributed by atoms with van der Waals surface area (Å²) in [6.07, 6.45) is 0. The van der Waals surface area contributed by atoms with Gasteiger partial charge >= 0.3 is 0 Å². The molecule has 1 amide bonds. The molecule has 1 N–H and O–H groups in total. The quantitative estimate of drug-likeness (QED) is 0.692. The Labute approximate surface area is 153 Å². The molecule has 0 aliphatic carbocycles. The third kappa shape index (κ3) is 3.75. The molecule has 0 aliphatic rings. The van der Waals surface area contributed by atoms with Crippen molar-refractivity contribution in [2.24, 2.45) is 0 Å². The second kappa shape index (κ2) is 7.40. The number of hydrogen-bond acceptors (Lipinski definition) is 3. The van der Waals surface area contributed by atoms with E-state index < -0.39 is 0 Å². The van der Waals surface area contributed by atoms with Crippen molar-refractivity contribution >= 4 is 33.8 Å². The summed E-state index contributed by atoms with van der Waals surface area (Å²) < 4.78 is 0. The van der Waals surface area contributed by atoms with Crippen LogP contribution in [0, 0.1) is 0 Å². The Morgan fingerprint density at radius 1 is 0.923 bits per heavy atom. The summed E-state index contributed by atoms with van der Waals surface area (Å²) in [7, 11) is 1.90. The lowest BCUT2D eigenvalue weighted by atomic mass is 10.1. The molecule has 3 aromatic carbocycles. The first-order valence-electron chi connectivity index (χ1n) is 8.59. The van der Waals surface area contributed by atoms with E-state index in [1.54, 1.807) is 24.3 Å². The van der Waals surface area contributed by atoms with Crippen LogP contribution < -0.4 is 10.2 Å². The van der Waals surface area contributed by atoms with Crippen molar-refractivity contribution in [3.8, 4) is 0 Å². The smallest absolute Gasteiger partial charge is 0.246 e. The van der Waals surface area contributed by atoms with Crippen molar-refractivity contribution in [2.75, 3.05) is 17.3 Å². The van der Waals surface area contributed by atoms with Crippen LogP contribution in [0.15, 0.2) is 66.7 Å². The summed E-state index contributed by atoms with van der Waals surface area (Å²) >= 11 is 0. The molecule has 0 fully saturated rings. The van der Waals surface area contributed by atoms with E-state index in [-0.39, 0.29) is 17.7 Å². The number of benzene rings is 3. The van der Waals surface area contributed by atoms with E-state index in [9.17, 15) is 9.59 Å². The molecule has 3 rings (SSSR count). The molecule has 0 bridgehead atoms. The van der Waals surface area contributed by atoms with Crippen LogP contribution in [-0.2, 0) is 4.79 Å². The predicted octanol–water partition coefficient (Wildman–Crippen LogP) is 4.51. The number of Topliss-reactive ketones (excluding diaryl/α,β-unsaturated/α-hetero) is 1. The van der Waals surface area contributed by atoms with Gasteiger partial charge in [-0.25, -0.2) is 0 Å². The molecular formula is C22H22N2O2. The van der Waals surface area contributed by atoms with E-state index >= 15 is 0 Å². The van der Waals surface area contributed by atoms with Crippen LogP contribution in [0.25, 0.3) is 10.8 Å². The molecule has 1 atom stereocenters. The Balaban J connectivity index is 1.76. The highest BCUT2D eigenvalue weighted by Gasteiger charge is 2.19. The standard InChI is InChI=1S/C22H22N2O2/c1-15(22(26)23-20-10-6-9-18(13-20)16(2)25)24(3)21-12-11-17-7-4-5-8-19(17)14-21/h4-15H,1-3H3,(H,23,26). The zero-order valence-corrected chi connectivity index (χ0v) is 15.2. The zero-order valence-electron chi connectivity index (χ0n) is 15.2. The number of anilines is 2. The summed E-state index contributed by atoms with van der Waals surface area (Å²) in [4.78, 5) is 26.1. The van der Waals surface area contributed by atoms with Gasteiger partial charge in [0.15, 0.2) is 5.78 Å². The maximum absolute atomic E-state index is 12.6. The molecule has 0 heterocycles. The number of fused-ring (bicyclic) bond motifs is 1. The van der Waals surface area contributed by atoms with E-state index in [0.717, 1.165) is 11.1 Å². The van der Waals surface area contributed by atoms with Gasteiger partial charge in [-0.3, -0.25) is 9.59 Å². The van der Waals surface area contributed by atoms with Gasteiger partial charge in [0.25, 0.3) is 0 Å². The number of nitrogens with one attached hydrogen (secondary N) is 1. The van der Waals surface area contributed by atoms with Gasteiger partial charge in [-0.05, 0) is 48.9 Å². The van der Waals surface area contributed by atoms with Crippen molar-refractivity contribution in [2.45, 2.75) is 19.9 Å². The third-order valence-corrected chi connectivity index (χ3v) is 4.64. The van der Waals surface area contributed by atoms with Gasteiger partial charge in [0, 0.05) is 24.0 Å². The highest BCUT2D eigenvalue weighted by molar-refractivity contribution is 5.99. The Hall–Kier alpha value is -3.14. The first-order chi connectivity index (χ1) is 12.5. The molecule has 0 radical (unpaired) electrons. The first-order valence-corrected chi connectivity index (χ1v) is 8.59. The SMILES string of the molecule is CC(=O)c1cccc(NC(=O)C(C)N(C)c2ccc3ccccc3c2)c1. The van der Waals surface area contributed by atoms with E-state index in [1.165, 1.54) is 12.3 Å². The van der Waals surface area contributed by atoms with Crippen molar-refractivity contribution in [1.82, 2.24) is 0 Å². The van der Waals surface area contributed by atoms with Gasteiger partial charge in [-0.2, -0.15) is 0 Å². The van der Waals surface area contributed by atoms with Gasteiger partial charge in [-0.15, -0.1) is 0 Å². The Bertz CT molecular complexity index is 965. The molecule has 0 aromatic heterocycles. The molecule has 0 spiro atoms. The summed E-state index contributed by atoms with van der Waals surface area (Å²) in [6.45, 7) is 3.37. The minimum absolute atomic E-state index is 0.0255. The summed E-state index contributed by atoms with van der Waals surface area (Å²) in [5.41, 5.74) is 2.18. The zero-order chi connectivity index (χ0) is 18.7. The highest BCUT2D eigenvalue weighted by Crippen LogP contribution is 2.23. The molecule has 3 aromatic rings. The van der Waals surface area contributed by atoms with E-state index in [1.807, 2.05) is 37.1 Å². The Morgan fingerprint density at radius 2 is 1.65 bits per heavy atom. The summed E-state index contributed by atoms with van der Waals surface area (Å²) in [6, 6.07) is 20.9. The van der Waals surface area contributed by atoms with Crippen molar-refractivity contribution in [3.05, 3.63) is 72.3 Å². The Morgan fingerprint density at radius 3 is 2.38 bits per heavy atom. The number of amides is 1. The largest absolute Gasteiger partial charge is 0.363 e. The number of carbonyl (C=O) groups is 2. The third-order valence-electron chi connectivity index (χ3n) is 4.64. The van der Waals surface area contributed by atoms with Crippen LogP contribution in [0.2, 0.25) is 0 Å². The van der Waals surface area contributed by atoms with Gasteiger partial charge in [0.1, 0.15) is 6.04 Å². The maximum Gasteiger partial charge on any atom is 0.246 e. The van der Waals surface area contributed by atoms with Gasteiger partial charge < -0.3 is 10.2 Å². The lowest BCUT2D eigenvalue weighted by Gasteiger charge is -2.26. The van der Waals surface area contributed by atoms with Crippen LogP contribution in [0.1, 0.15) is 24.2 Å². The van der Waals surface area contributed by atoms with Gasteiger partial charge in [0.05, 0.1) is 0 Å². The number of likely N-dealkylation sites (N-methyl/N-ethyl adjacent to an activating group) is 1. The fraction of sp³-hybridized carbons (Fsp3) is 0.182. The molecule has 4 heteroatoms. The van der Waals surface area contributed by atoms with E-state index in [4.69, 9.17) is 0 Å². The summed E-state index contributed by atoms with van der Waals surface area (Å²) in [5.74, 6) is -0.149. The number of carbonyl (C=O) groups excluding carboxylic acids is 2. The van der Waals surface area contributed by atoms with Crippen molar-refractivity contribution < 1.29 is 9.59 Å². The molecule has 0 saturated carbocycles. The normalized spacial score (nSPS) is 11.8. The minimum Gasteiger partial charge on any atom is -0.363 e. The summed E-state index contributed by atoms with van der Waals surface area (Å²) in [5, 5.41) is 5.20. The van der Waals surface area contributed by atoms with E-state index in [2.05, 4.69) is 29.6 Å². The van der Waals surface area contributed by atoms with E-state index in [0.29, 0.717) is 11.3 Å². The second-order valence-corrected chi connectivity index (χ2v) is 6.44. The van der Waals surface area contributed by atoms with Gasteiger partial charge in [-0.1, -0.05) is 42.5 Å². The monoisotopic (exact) mass is 346 g/mol. The highest BCUT2D eigenvalue weighted by atomic mass is 16.2. The molecule has 1 unspecified atom stereocenters. The molecule has 26 heavy (non-hydrogen) atoms. The fourth-order valence-corrected chi connectivity index (χ4v) is 2.86. The number of hydrogen-bond donors (Lipinski definition) is 1. The molecule has 0 saturated heterocycles. The number of ketones is 1. The maximum atomic E-state index is 12.6. The lowest BCUT2D eigenvalue weighted by Crippen LogP contribution is -2.39. The van der Waals surface area contributed by atoms with Crippen LogP contribution >= 0.6 is 0 Å². The van der Waals surface area contributed by atoms with Gasteiger partial charge in [0.2, 0.25) is 5.91 Å². The Kier molecular flexibility index (Phi) is 5.03. The lowest BCUT2D eigenvalue weighted by molar-refractivity contribution is -0.117. The van der Waals surface area contributed by atoms with Crippen LogP contribution in [0.3, 0.4) is 0 Å². The molecule has 132 valence electrons. The van der Waals surface area contributed by atoms with Crippen LogP contribution in [0.5, 0.6) is 0 Å². The topological polar surface area (TPSA) is 49.4 Å². The molecule has 0 aliphatic heterocycles. The van der Waals surface area contributed by atoms with Crippen molar-refractivity contribution in [1.29, 1.82) is 0 Å². The predicted molar refractivity (Wildman–Crippen MR) is 107 cm³/mol. The first kappa shape index (κ1) is 17.7. The fourth-order valence-electron chi connectivity index (χ4n) is 2.86.